The number of rotatable bonds is 6. The van der Waals surface area contributed by atoms with Crippen LogP contribution in [0.2, 0.25) is 0 Å². The zero-order valence-electron chi connectivity index (χ0n) is 10.2. The molecule has 1 aromatic carbocycles. The average Bonchev–Trinajstić information content (AvgIpc) is 2.34. The quantitative estimate of drug-likeness (QED) is 0.794. The highest BCUT2D eigenvalue weighted by atomic mass is 35.5. The van der Waals surface area contributed by atoms with Crippen LogP contribution in [-0.4, -0.2) is 17.9 Å². The van der Waals surface area contributed by atoms with Crippen LogP contribution in [0.15, 0.2) is 24.3 Å². The van der Waals surface area contributed by atoms with E-state index in [2.05, 4.69) is 12.2 Å². The van der Waals surface area contributed by atoms with Crippen molar-refractivity contribution in [2.24, 2.45) is 0 Å². The van der Waals surface area contributed by atoms with E-state index in [0.29, 0.717) is 6.54 Å². The van der Waals surface area contributed by atoms with E-state index in [1.807, 2.05) is 24.3 Å². The first-order chi connectivity index (χ1) is 8.13. The topological polar surface area (TPSA) is 38.3 Å². The van der Waals surface area contributed by atoms with Gasteiger partial charge in [0.15, 0.2) is 0 Å². The summed E-state index contributed by atoms with van der Waals surface area (Å²) in [7, 11) is 0. The van der Waals surface area contributed by atoms with Crippen LogP contribution in [0.5, 0.6) is 5.75 Å². The molecule has 0 fully saturated rings. The Bertz CT molecular complexity index is 349. The zero-order chi connectivity index (χ0) is 12.7. The van der Waals surface area contributed by atoms with Crippen molar-refractivity contribution in [1.29, 1.82) is 0 Å². The number of halogens is 1. The third kappa shape index (κ3) is 5.09. The number of alkyl halides is 1. The minimum absolute atomic E-state index is 0.155. The monoisotopic (exact) mass is 255 g/mol. The second kappa shape index (κ2) is 7.17. The van der Waals surface area contributed by atoms with Gasteiger partial charge in [-0.2, -0.15) is 0 Å². The zero-order valence-corrected chi connectivity index (χ0v) is 11.0. The highest BCUT2D eigenvalue weighted by Gasteiger charge is 2.07. The Morgan fingerprint density at radius 1 is 1.41 bits per heavy atom. The fourth-order valence-electron chi connectivity index (χ4n) is 1.25. The third-order valence-corrected chi connectivity index (χ3v) is 2.42. The lowest BCUT2D eigenvalue weighted by Crippen LogP contribution is -2.28. The number of nitrogens with one attached hydrogen (secondary N) is 1. The highest BCUT2D eigenvalue weighted by Crippen LogP contribution is 2.12. The molecule has 0 saturated heterocycles. The second-order valence-electron chi connectivity index (χ2n) is 3.83. The van der Waals surface area contributed by atoms with Crippen molar-refractivity contribution >= 4 is 17.5 Å². The molecule has 94 valence electrons. The highest BCUT2D eigenvalue weighted by molar-refractivity contribution is 6.30. The predicted molar refractivity (Wildman–Crippen MR) is 69.4 cm³/mol. The van der Waals surface area contributed by atoms with Crippen molar-refractivity contribution in [2.45, 2.75) is 32.2 Å². The van der Waals surface area contributed by atoms with Crippen molar-refractivity contribution in [3.8, 4) is 5.75 Å². The van der Waals surface area contributed by atoms with Crippen LogP contribution in [0.3, 0.4) is 0 Å². The minimum atomic E-state index is -0.498. The van der Waals surface area contributed by atoms with Crippen molar-refractivity contribution < 1.29 is 9.53 Å². The average molecular weight is 256 g/mol. The number of hydrogen-bond acceptors (Lipinski definition) is 2. The molecule has 1 atom stereocenters. The fraction of sp³-hybridized carbons (Fsp3) is 0.462. The maximum absolute atomic E-state index is 11.3. The summed E-state index contributed by atoms with van der Waals surface area (Å²) in [4.78, 5) is 11.3. The van der Waals surface area contributed by atoms with Gasteiger partial charge >= 0.3 is 0 Å². The van der Waals surface area contributed by atoms with E-state index in [0.717, 1.165) is 24.3 Å². The van der Waals surface area contributed by atoms with E-state index < -0.39 is 5.38 Å². The van der Waals surface area contributed by atoms with Crippen LogP contribution in [0, 0.1) is 0 Å². The Kier molecular flexibility index (Phi) is 5.84. The van der Waals surface area contributed by atoms with Gasteiger partial charge in [-0.3, -0.25) is 4.79 Å². The number of benzene rings is 1. The molecule has 0 aliphatic heterocycles. The molecule has 4 heteroatoms. The number of hydrogen-bond donors (Lipinski definition) is 1. The molecule has 3 nitrogen and oxygen atoms in total. The van der Waals surface area contributed by atoms with Crippen molar-refractivity contribution in [3.63, 3.8) is 0 Å². The van der Waals surface area contributed by atoms with Crippen LogP contribution < -0.4 is 10.1 Å². The summed E-state index contributed by atoms with van der Waals surface area (Å²) in [6.45, 7) is 4.93. The molecular weight excluding hydrogens is 238 g/mol. The van der Waals surface area contributed by atoms with Crippen LogP contribution in [0.4, 0.5) is 0 Å². The van der Waals surface area contributed by atoms with Gasteiger partial charge in [-0.05, 0) is 31.0 Å². The van der Waals surface area contributed by atoms with Gasteiger partial charge in [0, 0.05) is 6.54 Å². The third-order valence-electron chi connectivity index (χ3n) is 2.22. The normalized spacial score (nSPS) is 11.9. The second-order valence-corrected chi connectivity index (χ2v) is 4.48. The van der Waals surface area contributed by atoms with E-state index in [4.69, 9.17) is 16.3 Å². The molecule has 0 saturated carbocycles. The molecule has 1 rings (SSSR count). The van der Waals surface area contributed by atoms with Gasteiger partial charge < -0.3 is 10.1 Å². The Morgan fingerprint density at radius 3 is 2.59 bits per heavy atom. The summed E-state index contributed by atoms with van der Waals surface area (Å²) in [6, 6.07) is 7.68. The molecule has 0 heterocycles. The smallest absolute Gasteiger partial charge is 0.238 e. The van der Waals surface area contributed by atoms with Crippen LogP contribution >= 0.6 is 11.6 Å². The van der Waals surface area contributed by atoms with Crippen molar-refractivity contribution in [1.82, 2.24) is 5.32 Å². The van der Waals surface area contributed by atoms with Gasteiger partial charge in [-0.15, -0.1) is 11.6 Å². The molecule has 0 aliphatic carbocycles. The molecule has 1 aromatic rings. The molecule has 0 aliphatic rings. The van der Waals surface area contributed by atoms with Crippen LogP contribution in [0.25, 0.3) is 0 Å². The fourth-order valence-corrected chi connectivity index (χ4v) is 1.33. The molecular formula is C13H18ClNO2. The predicted octanol–water partition coefficient (Wildman–Crippen LogP) is 2.72. The molecule has 17 heavy (non-hydrogen) atoms. The standard InChI is InChI=1S/C13H18ClNO2/c1-3-8-17-12-6-4-11(5-7-12)9-15-13(16)10(2)14/h4-7,10H,3,8-9H2,1-2H3,(H,15,16). The maximum atomic E-state index is 11.3. The Morgan fingerprint density at radius 2 is 2.06 bits per heavy atom. The number of ether oxygens (including phenoxy) is 1. The Labute approximate surface area is 107 Å². The Balaban J connectivity index is 2.42. The van der Waals surface area contributed by atoms with E-state index in [9.17, 15) is 4.79 Å². The van der Waals surface area contributed by atoms with Gasteiger partial charge in [0.1, 0.15) is 11.1 Å². The SMILES string of the molecule is CCCOc1ccc(CNC(=O)C(C)Cl)cc1. The first-order valence-corrected chi connectivity index (χ1v) is 6.20. The molecule has 0 aromatic heterocycles. The minimum Gasteiger partial charge on any atom is -0.494 e. The summed E-state index contributed by atoms with van der Waals surface area (Å²) in [6.07, 6.45) is 0.991. The number of carbonyl (C=O) groups excluding carboxylic acids is 1. The van der Waals surface area contributed by atoms with Crippen LogP contribution in [-0.2, 0) is 11.3 Å². The molecule has 0 bridgehead atoms. The molecule has 0 radical (unpaired) electrons. The largest absolute Gasteiger partial charge is 0.494 e. The Hall–Kier alpha value is -1.22. The molecule has 1 N–H and O–H groups in total. The van der Waals surface area contributed by atoms with Gasteiger partial charge in [-0.25, -0.2) is 0 Å². The lowest BCUT2D eigenvalue weighted by atomic mass is 10.2. The first-order valence-electron chi connectivity index (χ1n) is 5.77. The van der Waals surface area contributed by atoms with Gasteiger partial charge in [0.05, 0.1) is 6.61 Å². The van der Waals surface area contributed by atoms with Gasteiger partial charge in [-0.1, -0.05) is 19.1 Å². The maximum Gasteiger partial charge on any atom is 0.238 e. The summed E-state index contributed by atoms with van der Waals surface area (Å²) in [5, 5.41) is 2.25. The van der Waals surface area contributed by atoms with Crippen molar-refractivity contribution in [2.75, 3.05) is 6.61 Å². The summed E-state index contributed by atoms with van der Waals surface area (Å²) in [5.41, 5.74) is 1.03. The van der Waals surface area contributed by atoms with Gasteiger partial charge in [0.25, 0.3) is 0 Å². The molecule has 1 unspecified atom stereocenters. The summed E-state index contributed by atoms with van der Waals surface area (Å²) < 4.78 is 5.47. The van der Waals surface area contributed by atoms with E-state index in [1.165, 1.54) is 0 Å². The first kappa shape index (κ1) is 13.8. The summed E-state index contributed by atoms with van der Waals surface area (Å²) >= 11 is 5.64. The van der Waals surface area contributed by atoms with E-state index >= 15 is 0 Å². The lowest BCUT2D eigenvalue weighted by Gasteiger charge is -2.08. The van der Waals surface area contributed by atoms with E-state index in [-0.39, 0.29) is 5.91 Å². The molecule has 0 spiro atoms. The van der Waals surface area contributed by atoms with Crippen molar-refractivity contribution in [3.05, 3.63) is 29.8 Å². The molecule has 1 amide bonds. The lowest BCUT2D eigenvalue weighted by molar-refractivity contribution is -0.120. The summed E-state index contributed by atoms with van der Waals surface area (Å²) in [5.74, 6) is 0.700. The van der Waals surface area contributed by atoms with E-state index in [1.54, 1.807) is 6.92 Å². The van der Waals surface area contributed by atoms with Crippen LogP contribution in [0.1, 0.15) is 25.8 Å². The number of amides is 1. The number of carbonyl (C=O) groups is 1. The van der Waals surface area contributed by atoms with Gasteiger partial charge in [0.2, 0.25) is 5.91 Å².